The van der Waals surface area contributed by atoms with Crippen molar-refractivity contribution in [1.29, 1.82) is 0 Å². The zero-order valence-electron chi connectivity index (χ0n) is 14.5. The summed E-state index contributed by atoms with van der Waals surface area (Å²) in [6.45, 7) is 3.75. The maximum Gasteiger partial charge on any atom is 0.257 e. The lowest BCUT2D eigenvalue weighted by molar-refractivity contribution is 0.0948. The van der Waals surface area contributed by atoms with Crippen LogP contribution in [0.1, 0.15) is 33.6 Å². The number of hydrogen-bond donors (Lipinski definition) is 3. The van der Waals surface area contributed by atoms with Crippen LogP contribution < -0.4 is 16.0 Å². The van der Waals surface area contributed by atoms with E-state index in [4.69, 9.17) is 0 Å². The van der Waals surface area contributed by atoms with Crippen molar-refractivity contribution in [3.8, 4) is 0 Å². The minimum absolute atomic E-state index is 0.122. The van der Waals surface area contributed by atoms with Crippen molar-refractivity contribution in [1.82, 2.24) is 10.2 Å². The zero-order chi connectivity index (χ0) is 17.9. The Balaban J connectivity index is 1.46. The molecule has 0 unspecified atom stereocenters. The quantitative estimate of drug-likeness (QED) is 0.793. The number of para-hydroxylation sites is 1. The van der Waals surface area contributed by atoms with Gasteiger partial charge in [-0.2, -0.15) is 0 Å². The van der Waals surface area contributed by atoms with E-state index < -0.39 is 0 Å². The highest BCUT2D eigenvalue weighted by Gasteiger charge is 2.19. The molecule has 26 heavy (non-hydrogen) atoms. The van der Waals surface area contributed by atoms with Crippen LogP contribution in [0.5, 0.6) is 0 Å². The molecule has 2 heterocycles. The number of fused-ring (bicyclic) bond motifs is 2. The van der Waals surface area contributed by atoms with Gasteiger partial charge in [0, 0.05) is 18.7 Å². The number of hydrogen-bond acceptors (Lipinski definition) is 4. The third kappa shape index (κ3) is 3.41. The molecule has 2 amide bonds. The van der Waals surface area contributed by atoms with Gasteiger partial charge < -0.3 is 20.9 Å². The first-order chi connectivity index (χ1) is 12.7. The number of carbonyl (C=O) groups excluding carboxylic acids is 2. The Morgan fingerprint density at radius 2 is 1.81 bits per heavy atom. The van der Waals surface area contributed by atoms with Crippen LogP contribution in [-0.4, -0.2) is 42.9 Å². The minimum Gasteiger partial charge on any atom is -0.353 e. The number of benzene rings is 2. The molecule has 0 bridgehead atoms. The number of nitrogens with zero attached hydrogens (tertiary/aromatic N) is 1. The van der Waals surface area contributed by atoms with Crippen LogP contribution in [0.3, 0.4) is 0 Å². The van der Waals surface area contributed by atoms with Gasteiger partial charge in [-0.05, 0) is 56.3 Å². The second-order valence-electron chi connectivity index (χ2n) is 6.69. The Hall–Kier alpha value is -2.86. The SMILES string of the molecule is O=C(NCCN1CCCC1)c1ccc2c(c1)NC(=O)c1ccccc1N2. The van der Waals surface area contributed by atoms with Gasteiger partial charge in [0.25, 0.3) is 11.8 Å². The summed E-state index contributed by atoms with van der Waals surface area (Å²) >= 11 is 0. The zero-order valence-corrected chi connectivity index (χ0v) is 14.5. The molecule has 4 rings (SSSR count). The van der Waals surface area contributed by atoms with Crippen LogP contribution in [0, 0.1) is 0 Å². The van der Waals surface area contributed by atoms with Gasteiger partial charge in [0.15, 0.2) is 0 Å². The van der Waals surface area contributed by atoms with Crippen LogP contribution in [0.2, 0.25) is 0 Å². The van der Waals surface area contributed by atoms with Crippen LogP contribution in [0.4, 0.5) is 17.1 Å². The lowest BCUT2D eigenvalue weighted by Crippen LogP contribution is -2.33. The number of amides is 2. The van der Waals surface area contributed by atoms with E-state index in [0.717, 1.165) is 31.0 Å². The summed E-state index contributed by atoms with van der Waals surface area (Å²) in [6, 6.07) is 12.7. The first-order valence-corrected chi connectivity index (χ1v) is 9.03. The van der Waals surface area contributed by atoms with E-state index in [2.05, 4.69) is 20.9 Å². The molecule has 0 radical (unpaired) electrons. The Morgan fingerprint density at radius 3 is 2.65 bits per heavy atom. The fraction of sp³-hybridized carbons (Fsp3) is 0.300. The molecule has 0 spiro atoms. The Kier molecular flexibility index (Phi) is 4.58. The minimum atomic E-state index is -0.182. The monoisotopic (exact) mass is 350 g/mol. The summed E-state index contributed by atoms with van der Waals surface area (Å²) in [6.07, 6.45) is 2.49. The van der Waals surface area contributed by atoms with Crippen LogP contribution >= 0.6 is 0 Å². The van der Waals surface area contributed by atoms with Crippen molar-refractivity contribution in [2.75, 3.05) is 36.8 Å². The van der Waals surface area contributed by atoms with E-state index in [1.54, 1.807) is 18.2 Å². The molecule has 1 fully saturated rings. The molecule has 0 aliphatic carbocycles. The van der Waals surface area contributed by atoms with Gasteiger partial charge in [0.05, 0.1) is 22.6 Å². The average Bonchev–Trinajstić information content (AvgIpc) is 3.12. The second kappa shape index (κ2) is 7.17. The molecule has 0 saturated carbocycles. The van der Waals surface area contributed by atoms with Gasteiger partial charge in [-0.15, -0.1) is 0 Å². The lowest BCUT2D eigenvalue weighted by atomic mass is 10.1. The van der Waals surface area contributed by atoms with Crippen LogP contribution in [0.25, 0.3) is 0 Å². The van der Waals surface area contributed by atoms with Gasteiger partial charge >= 0.3 is 0 Å². The average molecular weight is 350 g/mol. The number of carbonyl (C=O) groups is 2. The molecule has 6 nitrogen and oxygen atoms in total. The van der Waals surface area contributed by atoms with E-state index in [1.165, 1.54) is 12.8 Å². The highest BCUT2D eigenvalue weighted by molar-refractivity contribution is 6.12. The van der Waals surface area contributed by atoms with Crippen LogP contribution in [0.15, 0.2) is 42.5 Å². The van der Waals surface area contributed by atoms with Crippen molar-refractivity contribution < 1.29 is 9.59 Å². The third-order valence-corrected chi connectivity index (χ3v) is 4.88. The number of rotatable bonds is 4. The summed E-state index contributed by atoms with van der Waals surface area (Å²) in [5.74, 6) is -0.304. The van der Waals surface area contributed by atoms with Crippen molar-refractivity contribution >= 4 is 28.9 Å². The molecule has 3 N–H and O–H groups in total. The summed E-state index contributed by atoms with van der Waals surface area (Å²) in [4.78, 5) is 27.2. The highest BCUT2D eigenvalue weighted by Crippen LogP contribution is 2.32. The number of nitrogens with one attached hydrogen (secondary N) is 3. The standard InChI is InChI=1S/C20H22N4O2/c25-19(21-9-12-24-10-3-4-11-24)14-7-8-17-18(13-14)23-20(26)15-5-1-2-6-16(15)22-17/h1-2,5-8,13,22H,3-4,9-12H2,(H,21,25)(H,23,26). The lowest BCUT2D eigenvalue weighted by Gasteiger charge is -2.15. The Bertz CT molecular complexity index is 843. The van der Waals surface area contributed by atoms with Gasteiger partial charge in [0.2, 0.25) is 0 Å². The Morgan fingerprint density at radius 1 is 1.00 bits per heavy atom. The molecule has 2 aromatic rings. The molecule has 2 aliphatic heterocycles. The topological polar surface area (TPSA) is 73.5 Å². The van der Waals surface area contributed by atoms with Crippen molar-refractivity contribution in [2.24, 2.45) is 0 Å². The summed E-state index contributed by atoms with van der Waals surface area (Å²) in [5.41, 5.74) is 3.26. The van der Waals surface area contributed by atoms with E-state index in [-0.39, 0.29) is 11.8 Å². The molecular weight excluding hydrogens is 328 g/mol. The third-order valence-electron chi connectivity index (χ3n) is 4.88. The molecule has 6 heteroatoms. The first kappa shape index (κ1) is 16.6. The molecule has 2 aliphatic rings. The van der Waals surface area contributed by atoms with Gasteiger partial charge in [0.1, 0.15) is 0 Å². The van der Waals surface area contributed by atoms with Crippen molar-refractivity contribution in [3.63, 3.8) is 0 Å². The van der Waals surface area contributed by atoms with Gasteiger partial charge in [-0.1, -0.05) is 12.1 Å². The molecule has 0 aromatic heterocycles. The fourth-order valence-electron chi connectivity index (χ4n) is 3.46. The number of anilines is 3. The van der Waals surface area contributed by atoms with Crippen LogP contribution in [-0.2, 0) is 0 Å². The maximum absolute atomic E-state index is 12.4. The summed E-state index contributed by atoms with van der Waals surface area (Å²) in [5, 5.41) is 9.11. The predicted octanol–water partition coefficient (Wildman–Crippen LogP) is 2.82. The van der Waals surface area contributed by atoms with E-state index in [0.29, 0.717) is 23.4 Å². The molecule has 2 aromatic carbocycles. The maximum atomic E-state index is 12.4. The summed E-state index contributed by atoms with van der Waals surface area (Å²) < 4.78 is 0. The van der Waals surface area contributed by atoms with Crippen molar-refractivity contribution in [3.05, 3.63) is 53.6 Å². The Labute approximate surface area is 152 Å². The normalized spacial score (nSPS) is 16.1. The second-order valence-corrected chi connectivity index (χ2v) is 6.69. The molecular formula is C20H22N4O2. The molecule has 134 valence electrons. The smallest absolute Gasteiger partial charge is 0.257 e. The number of likely N-dealkylation sites (tertiary alicyclic amines) is 1. The van der Waals surface area contributed by atoms with Crippen molar-refractivity contribution in [2.45, 2.75) is 12.8 Å². The van der Waals surface area contributed by atoms with E-state index >= 15 is 0 Å². The highest BCUT2D eigenvalue weighted by atomic mass is 16.2. The predicted molar refractivity (Wildman–Crippen MR) is 102 cm³/mol. The van der Waals surface area contributed by atoms with E-state index in [1.807, 2.05) is 24.3 Å². The fourth-order valence-corrected chi connectivity index (χ4v) is 3.46. The van der Waals surface area contributed by atoms with E-state index in [9.17, 15) is 9.59 Å². The first-order valence-electron chi connectivity index (χ1n) is 9.03. The van der Waals surface area contributed by atoms with Gasteiger partial charge in [-0.3, -0.25) is 9.59 Å². The largest absolute Gasteiger partial charge is 0.353 e. The molecule has 1 saturated heterocycles. The van der Waals surface area contributed by atoms with Gasteiger partial charge in [-0.25, -0.2) is 0 Å². The molecule has 0 atom stereocenters. The summed E-state index contributed by atoms with van der Waals surface area (Å²) in [7, 11) is 0.